The van der Waals surface area contributed by atoms with Crippen LogP contribution in [-0.2, 0) is 0 Å². The summed E-state index contributed by atoms with van der Waals surface area (Å²) in [5, 5.41) is 18.4. The summed E-state index contributed by atoms with van der Waals surface area (Å²) in [5.41, 5.74) is 3.69. The number of fused-ring (bicyclic) bond motifs is 3. The third-order valence-corrected chi connectivity index (χ3v) is 5.37. The molecule has 0 amide bonds. The number of nitro benzene ring substituents is 1. The SMILES string of the molecule is COc1ccc2ncc3c(-c4ccc(Cl)cc4)nn(-c4cccc([N+](=O)[O-])c4)c3c2c1. The average molecular weight is 431 g/mol. The van der Waals surface area contributed by atoms with Crippen molar-refractivity contribution in [2.24, 2.45) is 0 Å². The van der Waals surface area contributed by atoms with Crippen LogP contribution < -0.4 is 4.74 Å². The van der Waals surface area contributed by atoms with Gasteiger partial charge in [-0.3, -0.25) is 15.1 Å². The third kappa shape index (κ3) is 3.25. The molecule has 3 aromatic carbocycles. The third-order valence-electron chi connectivity index (χ3n) is 5.12. The molecule has 0 aliphatic carbocycles. The number of methoxy groups -OCH3 is 1. The molecule has 0 N–H and O–H groups in total. The van der Waals surface area contributed by atoms with Crippen molar-refractivity contribution in [1.29, 1.82) is 0 Å². The van der Waals surface area contributed by atoms with E-state index in [-0.39, 0.29) is 5.69 Å². The van der Waals surface area contributed by atoms with Crippen molar-refractivity contribution in [3.63, 3.8) is 0 Å². The average Bonchev–Trinajstić information content (AvgIpc) is 3.19. The quantitative estimate of drug-likeness (QED) is 0.265. The highest BCUT2D eigenvalue weighted by Crippen LogP contribution is 2.35. The molecular weight excluding hydrogens is 416 g/mol. The van der Waals surface area contributed by atoms with Gasteiger partial charge in [0.25, 0.3) is 5.69 Å². The maximum atomic E-state index is 11.3. The lowest BCUT2D eigenvalue weighted by atomic mass is 10.1. The minimum Gasteiger partial charge on any atom is -0.497 e. The second kappa shape index (κ2) is 7.37. The molecular formula is C23H15ClN4O3. The maximum Gasteiger partial charge on any atom is 0.271 e. The first-order chi connectivity index (χ1) is 15.0. The predicted octanol–water partition coefficient (Wildman–Crippen LogP) is 5.81. The Balaban J connectivity index is 1.88. The zero-order chi connectivity index (χ0) is 21.5. The molecule has 5 aromatic rings. The first-order valence-electron chi connectivity index (χ1n) is 9.41. The number of nitro groups is 1. The smallest absolute Gasteiger partial charge is 0.271 e. The predicted molar refractivity (Wildman–Crippen MR) is 120 cm³/mol. The Morgan fingerprint density at radius 2 is 1.84 bits per heavy atom. The molecule has 8 heteroatoms. The highest BCUT2D eigenvalue weighted by atomic mass is 35.5. The molecule has 7 nitrogen and oxygen atoms in total. The van der Waals surface area contributed by atoms with E-state index in [0.29, 0.717) is 22.2 Å². The molecule has 0 saturated heterocycles. The number of hydrogen-bond acceptors (Lipinski definition) is 5. The molecule has 0 aliphatic heterocycles. The Morgan fingerprint density at radius 3 is 2.58 bits per heavy atom. The molecule has 2 heterocycles. The van der Waals surface area contributed by atoms with Crippen LogP contribution in [0.5, 0.6) is 5.75 Å². The van der Waals surface area contributed by atoms with E-state index < -0.39 is 4.92 Å². The molecule has 0 atom stereocenters. The van der Waals surface area contributed by atoms with Gasteiger partial charge in [-0.15, -0.1) is 0 Å². The van der Waals surface area contributed by atoms with Crippen LogP contribution in [0, 0.1) is 10.1 Å². The Bertz CT molecular complexity index is 1460. The summed E-state index contributed by atoms with van der Waals surface area (Å²) in [7, 11) is 1.60. The number of hydrogen-bond donors (Lipinski definition) is 0. The van der Waals surface area contributed by atoms with E-state index in [2.05, 4.69) is 4.98 Å². The monoisotopic (exact) mass is 430 g/mol. The Morgan fingerprint density at radius 1 is 1.03 bits per heavy atom. The van der Waals surface area contributed by atoms with Gasteiger partial charge < -0.3 is 4.74 Å². The van der Waals surface area contributed by atoms with Crippen molar-refractivity contribution >= 4 is 39.1 Å². The molecule has 5 rings (SSSR count). The fourth-order valence-electron chi connectivity index (χ4n) is 3.64. The summed E-state index contributed by atoms with van der Waals surface area (Å²) >= 11 is 6.06. The lowest BCUT2D eigenvalue weighted by molar-refractivity contribution is -0.384. The minimum atomic E-state index is -0.419. The zero-order valence-electron chi connectivity index (χ0n) is 16.3. The van der Waals surface area contributed by atoms with Crippen molar-refractivity contribution in [1.82, 2.24) is 14.8 Å². The fourth-order valence-corrected chi connectivity index (χ4v) is 3.76. The number of rotatable bonds is 4. The molecule has 0 saturated carbocycles. The molecule has 0 fully saturated rings. The van der Waals surface area contributed by atoms with Gasteiger partial charge in [0, 0.05) is 39.7 Å². The molecule has 0 unspecified atom stereocenters. The Labute approximate surface area is 181 Å². The van der Waals surface area contributed by atoms with Gasteiger partial charge in [-0.25, -0.2) is 4.68 Å². The van der Waals surface area contributed by atoms with Gasteiger partial charge in [0.05, 0.1) is 28.8 Å². The number of ether oxygens (including phenoxy) is 1. The molecule has 0 aliphatic rings. The number of benzene rings is 3. The Kier molecular flexibility index (Phi) is 4.52. The van der Waals surface area contributed by atoms with Crippen LogP contribution in [0.1, 0.15) is 0 Å². The van der Waals surface area contributed by atoms with Gasteiger partial charge >= 0.3 is 0 Å². The summed E-state index contributed by atoms with van der Waals surface area (Å²) in [5.74, 6) is 0.682. The first-order valence-corrected chi connectivity index (χ1v) is 9.79. The van der Waals surface area contributed by atoms with E-state index in [1.807, 2.05) is 30.3 Å². The Hall–Kier alpha value is -3.97. The highest BCUT2D eigenvalue weighted by Gasteiger charge is 2.19. The highest BCUT2D eigenvalue weighted by molar-refractivity contribution is 6.30. The number of non-ortho nitro benzene ring substituents is 1. The van der Waals surface area contributed by atoms with E-state index in [9.17, 15) is 10.1 Å². The van der Waals surface area contributed by atoms with Crippen molar-refractivity contribution in [2.45, 2.75) is 0 Å². The van der Waals surface area contributed by atoms with E-state index in [1.54, 1.807) is 42.3 Å². The summed E-state index contributed by atoms with van der Waals surface area (Å²) in [4.78, 5) is 15.5. The van der Waals surface area contributed by atoms with Gasteiger partial charge in [-0.05, 0) is 36.4 Å². The fraction of sp³-hybridized carbons (Fsp3) is 0.0435. The summed E-state index contributed by atoms with van der Waals surface area (Å²) in [6.45, 7) is 0. The topological polar surface area (TPSA) is 83.1 Å². The summed E-state index contributed by atoms with van der Waals surface area (Å²) in [6, 6.07) is 19.4. The van der Waals surface area contributed by atoms with Crippen molar-refractivity contribution < 1.29 is 9.66 Å². The van der Waals surface area contributed by atoms with E-state index in [0.717, 1.165) is 27.4 Å². The zero-order valence-corrected chi connectivity index (χ0v) is 17.1. The number of nitrogens with zero attached hydrogens (tertiary/aromatic N) is 4. The van der Waals surface area contributed by atoms with E-state index >= 15 is 0 Å². The first kappa shape index (κ1) is 19.0. The van der Waals surface area contributed by atoms with Crippen LogP contribution >= 0.6 is 11.6 Å². The van der Waals surface area contributed by atoms with Gasteiger partial charge in [0.1, 0.15) is 11.4 Å². The van der Waals surface area contributed by atoms with Crippen LogP contribution in [0.3, 0.4) is 0 Å². The number of pyridine rings is 1. The van der Waals surface area contributed by atoms with Crippen LogP contribution in [-0.4, -0.2) is 26.8 Å². The van der Waals surface area contributed by atoms with Gasteiger partial charge in [0.2, 0.25) is 0 Å². The molecule has 31 heavy (non-hydrogen) atoms. The van der Waals surface area contributed by atoms with E-state index in [1.165, 1.54) is 12.1 Å². The van der Waals surface area contributed by atoms with Gasteiger partial charge in [-0.1, -0.05) is 29.8 Å². The maximum absolute atomic E-state index is 11.3. The number of halogens is 1. The van der Waals surface area contributed by atoms with Crippen molar-refractivity contribution in [2.75, 3.05) is 7.11 Å². The van der Waals surface area contributed by atoms with Crippen LogP contribution in [0.15, 0.2) is 72.9 Å². The molecule has 2 aromatic heterocycles. The van der Waals surface area contributed by atoms with E-state index in [4.69, 9.17) is 21.4 Å². The normalized spacial score (nSPS) is 11.2. The summed E-state index contributed by atoms with van der Waals surface area (Å²) < 4.78 is 7.13. The molecule has 152 valence electrons. The van der Waals surface area contributed by atoms with Gasteiger partial charge in [0.15, 0.2) is 0 Å². The van der Waals surface area contributed by atoms with Crippen molar-refractivity contribution in [3.05, 3.63) is 88.1 Å². The lowest BCUT2D eigenvalue weighted by Gasteiger charge is -2.07. The second-order valence-corrected chi connectivity index (χ2v) is 7.38. The number of aromatic nitrogens is 3. The second-order valence-electron chi connectivity index (χ2n) is 6.95. The largest absolute Gasteiger partial charge is 0.497 e. The minimum absolute atomic E-state index is 0.00913. The van der Waals surface area contributed by atoms with Crippen LogP contribution in [0.25, 0.3) is 38.8 Å². The van der Waals surface area contributed by atoms with Crippen LogP contribution in [0.2, 0.25) is 5.02 Å². The molecule has 0 radical (unpaired) electrons. The van der Waals surface area contributed by atoms with Crippen LogP contribution in [0.4, 0.5) is 5.69 Å². The molecule has 0 spiro atoms. The molecule has 0 bridgehead atoms. The lowest BCUT2D eigenvalue weighted by Crippen LogP contribution is -1.99. The van der Waals surface area contributed by atoms with Crippen molar-refractivity contribution in [3.8, 4) is 22.7 Å². The van der Waals surface area contributed by atoms with Gasteiger partial charge in [-0.2, -0.15) is 5.10 Å². The standard InChI is InChI=1S/C23H15ClN4O3/c1-31-18-9-10-21-19(12-18)23-20(13-25-21)22(14-5-7-15(24)8-6-14)26-27(23)16-3-2-4-17(11-16)28(29)30/h2-13H,1H3. The summed E-state index contributed by atoms with van der Waals surface area (Å²) in [6.07, 6.45) is 1.77.